The van der Waals surface area contributed by atoms with Crippen molar-refractivity contribution in [3.8, 4) is 0 Å². The first-order valence-electron chi connectivity index (χ1n) is 14.9. The van der Waals surface area contributed by atoms with Crippen molar-refractivity contribution in [2.24, 2.45) is 7.05 Å². The number of aromatic nitrogens is 4. The van der Waals surface area contributed by atoms with Crippen LogP contribution in [0.1, 0.15) is 62.3 Å². The van der Waals surface area contributed by atoms with Crippen molar-refractivity contribution in [1.29, 1.82) is 0 Å². The summed E-state index contributed by atoms with van der Waals surface area (Å²) in [6.07, 6.45) is 12.5. The van der Waals surface area contributed by atoms with Gasteiger partial charge in [-0.2, -0.15) is 0 Å². The zero-order valence-electron chi connectivity index (χ0n) is 24.7. The van der Waals surface area contributed by atoms with Gasteiger partial charge in [-0.15, -0.1) is 0 Å². The molecule has 7 heteroatoms. The molecule has 0 saturated carbocycles. The van der Waals surface area contributed by atoms with Gasteiger partial charge in [0.05, 0.1) is 13.1 Å². The molecule has 2 heterocycles. The highest BCUT2D eigenvalue weighted by atomic mass is 15.2. The van der Waals surface area contributed by atoms with Crippen molar-refractivity contribution < 1.29 is 0 Å². The first-order chi connectivity index (χ1) is 19.6. The molecule has 0 unspecified atom stereocenters. The first kappa shape index (κ1) is 29.6. The highest BCUT2D eigenvalue weighted by Gasteiger charge is 2.13. The van der Waals surface area contributed by atoms with Gasteiger partial charge in [0.1, 0.15) is 11.6 Å². The van der Waals surface area contributed by atoms with Crippen LogP contribution in [0.5, 0.6) is 0 Å². The Morgan fingerprint density at radius 2 is 1.40 bits per heavy atom. The van der Waals surface area contributed by atoms with Crippen LogP contribution < -0.4 is 4.90 Å². The molecule has 0 spiro atoms. The van der Waals surface area contributed by atoms with Crippen LogP contribution in [0.2, 0.25) is 0 Å². The molecule has 1 N–H and O–H groups in total. The average Bonchev–Trinajstić information content (AvgIpc) is 3.63. The number of anilines is 1. The number of para-hydroxylation sites is 1. The molecule has 7 nitrogen and oxygen atoms in total. The summed E-state index contributed by atoms with van der Waals surface area (Å²) in [5.74, 6) is 2.02. The summed E-state index contributed by atoms with van der Waals surface area (Å²) in [6.45, 7) is 12.5. The van der Waals surface area contributed by atoms with E-state index in [0.717, 1.165) is 44.4 Å². The highest BCUT2D eigenvalue weighted by molar-refractivity contribution is 5.46. The monoisotopic (exact) mass is 541 g/mol. The number of benzene rings is 2. The Morgan fingerprint density at radius 1 is 0.700 bits per heavy atom. The Morgan fingerprint density at radius 3 is 2.02 bits per heavy atom. The van der Waals surface area contributed by atoms with E-state index in [1.54, 1.807) is 0 Å². The van der Waals surface area contributed by atoms with Gasteiger partial charge < -0.3 is 19.4 Å². The lowest BCUT2D eigenvalue weighted by Gasteiger charge is -2.26. The molecule has 0 saturated heterocycles. The molecule has 2 aromatic heterocycles. The van der Waals surface area contributed by atoms with E-state index in [-0.39, 0.29) is 0 Å². The molecule has 0 amide bonds. The fourth-order valence-corrected chi connectivity index (χ4v) is 5.29. The summed E-state index contributed by atoms with van der Waals surface area (Å²) in [6, 6.07) is 20.0. The third-order valence-corrected chi connectivity index (χ3v) is 7.37. The normalized spacial score (nSPS) is 11.5. The van der Waals surface area contributed by atoms with Gasteiger partial charge in [0, 0.05) is 57.2 Å². The van der Waals surface area contributed by atoms with Gasteiger partial charge in [-0.3, -0.25) is 4.90 Å². The van der Waals surface area contributed by atoms with Crippen LogP contribution in [0.25, 0.3) is 0 Å². The molecule has 0 radical (unpaired) electrons. The second-order valence-corrected chi connectivity index (χ2v) is 10.8. The van der Waals surface area contributed by atoms with Crippen molar-refractivity contribution in [1.82, 2.24) is 29.3 Å². The minimum atomic E-state index is 0.747. The molecule has 214 valence electrons. The molecule has 4 rings (SSSR count). The van der Waals surface area contributed by atoms with E-state index in [4.69, 9.17) is 0 Å². The van der Waals surface area contributed by atoms with E-state index in [1.165, 1.54) is 62.1 Å². The summed E-state index contributed by atoms with van der Waals surface area (Å²) < 4.78 is 2.08. The van der Waals surface area contributed by atoms with Crippen molar-refractivity contribution >= 4 is 5.69 Å². The van der Waals surface area contributed by atoms with E-state index in [0.29, 0.717) is 0 Å². The van der Waals surface area contributed by atoms with E-state index >= 15 is 0 Å². The molecule has 40 heavy (non-hydrogen) atoms. The Bertz CT molecular complexity index is 1200. The molecule has 4 aromatic rings. The largest absolute Gasteiger partial charge is 0.367 e. The third kappa shape index (κ3) is 9.35. The number of aromatic amines is 1. The quantitative estimate of drug-likeness (QED) is 0.151. The number of nitrogens with one attached hydrogen (secondary N) is 1. The summed E-state index contributed by atoms with van der Waals surface area (Å²) in [7, 11) is 2.05. The Labute approximate surface area is 240 Å². The zero-order chi connectivity index (χ0) is 28.0. The number of unbranched alkanes of at least 4 members (excludes halogenated alkanes) is 1. The van der Waals surface area contributed by atoms with E-state index in [1.807, 2.05) is 31.8 Å². The molecule has 0 aliphatic heterocycles. The fourth-order valence-electron chi connectivity index (χ4n) is 5.29. The molecule has 0 aliphatic carbocycles. The first-order valence-corrected chi connectivity index (χ1v) is 14.9. The van der Waals surface area contributed by atoms with Gasteiger partial charge in [-0.25, -0.2) is 9.97 Å². The highest BCUT2D eigenvalue weighted by Crippen LogP contribution is 2.19. The Balaban J connectivity index is 1.37. The van der Waals surface area contributed by atoms with Gasteiger partial charge in [-0.05, 0) is 68.6 Å². The van der Waals surface area contributed by atoms with Crippen LogP contribution in [0.4, 0.5) is 5.69 Å². The van der Waals surface area contributed by atoms with Gasteiger partial charge in [0.15, 0.2) is 0 Å². The predicted octanol–water partition coefficient (Wildman–Crippen LogP) is 6.25. The van der Waals surface area contributed by atoms with Gasteiger partial charge in [0.2, 0.25) is 0 Å². The number of hydrogen-bond acceptors (Lipinski definition) is 5. The molecule has 0 bridgehead atoms. The standard InChI is InChI=1S/C33H47N7/c1-4-20-38(21-5-2)22-9-10-23-40(31-11-7-6-8-12-31)26-30-15-13-29(14-16-30)25-39(27-32-34-17-18-35-32)28-33-36-19-24-37(33)3/h6-8,11-19,24H,4-5,9-10,20-23,25-28H2,1-3H3,(H,34,35). The van der Waals surface area contributed by atoms with Crippen LogP contribution in [-0.4, -0.2) is 55.5 Å². The Hall–Kier alpha value is -3.42. The maximum atomic E-state index is 4.54. The Kier molecular flexibility index (Phi) is 11.8. The van der Waals surface area contributed by atoms with Crippen molar-refractivity contribution in [3.05, 3.63) is 102 Å². The SMILES string of the molecule is CCCN(CCC)CCCCN(Cc1ccc(CN(Cc2ncc[nH]2)Cc2nccn2C)cc1)c1ccccc1. The van der Waals surface area contributed by atoms with Gasteiger partial charge in [-0.1, -0.05) is 56.3 Å². The van der Waals surface area contributed by atoms with E-state index in [9.17, 15) is 0 Å². The number of rotatable bonds is 18. The van der Waals surface area contributed by atoms with Crippen LogP contribution >= 0.6 is 0 Å². The molecule has 0 fully saturated rings. The number of H-pyrrole nitrogens is 1. The number of aryl methyl sites for hydroxylation is 1. The second kappa shape index (κ2) is 16.0. The number of nitrogens with zero attached hydrogens (tertiary/aromatic N) is 6. The smallest absolute Gasteiger partial charge is 0.122 e. The third-order valence-electron chi connectivity index (χ3n) is 7.37. The maximum absolute atomic E-state index is 4.54. The maximum Gasteiger partial charge on any atom is 0.122 e. The summed E-state index contributed by atoms with van der Waals surface area (Å²) in [4.78, 5) is 19.8. The lowest BCUT2D eigenvalue weighted by Crippen LogP contribution is -2.28. The molecule has 0 atom stereocenters. The lowest BCUT2D eigenvalue weighted by atomic mass is 10.1. The van der Waals surface area contributed by atoms with Crippen molar-refractivity contribution in [2.45, 2.75) is 65.7 Å². The zero-order valence-corrected chi connectivity index (χ0v) is 24.7. The molecular weight excluding hydrogens is 494 g/mol. The van der Waals surface area contributed by atoms with Crippen molar-refractivity contribution in [3.63, 3.8) is 0 Å². The summed E-state index contributed by atoms with van der Waals surface area (Å²) in [5.41, 5.74) is 3.93. The van der Waals surface area contributed by atoms with Gasteiger partial charge in [0.25, 0.3) is 0 Å². The molecular formula is C33H47N7. The average molecular weight is 542 g/mol. The van der Waals surface area contributed by atoms with Crippen LogP contribution in [0.15, 0.2) is 79.4 Å². The van der Waals surface area contributed by atoms with Crippen LogP contribution in [0, 0.1) is 0 Å². The van der Waals surface area contributed by atoms with Crippen LogP contribution in [0.3, 0.4) is 0 Å². The number of imidazole rings is 2. The summed E-state index contributed by atoms with van der Waals surface area (Å²) >= 11 is 0. The van der Waals surface area contributed by atoms with E-state index in [2.05, 4.69) is 103 Å². The van der Waals surface area contributed by atoms with Crippen molar-refractivity contribution in [2.75, 3.05) is 31.1 Å². The lowest BCUT2D eigenvalue weighted by molar-refractivity contribution is 0.233. The molecule has 2 aromatic carbocycles. The predicted molar refractivity (Wildman–Crippen MR) is 165 cm³/mol. The van der Waals surface area contributed by atoms with Crippen LogP contribution in [-0.2, 0) is 33.2 Å². The molecule has 0 aliphatic rings. The minimum Gasteiger partial charge on any atom is -0.367 e. The minimum absolute atomic E-state index is 0.747. The second-order valence-electron chi connectivity index (χ2n) is 10.8. The van der Waals surface area contributed by atoms with Gasteiger partial charge >= 0.3 is 0 Å². The van der Waals surface area contributed by atoms with E-state index < -0.39 is 0 Å². The topological polar surface area (TPSA) is 56.2 Å². The fraction of sp³-hybridized carbons (Fsp3) is 0.455. The summed E-state index contributed by atoms with van der Waals surface area (Å²) in [5, 5.41) is 0. The number of hydrogen-bond donors (Lipinski definition) is 1.